The van der Waals surface area contributed by atoms with Gasteiger partial charge in [-0.15, -0.1) is 0 Å². The van der Waals surface area contributed by atoms with E-state index in [2.05, 4.69) is 6.92 Å². The van der Waals surface area contributed by atoms with Crippen LogP contribution in [0.4, 0.5) is 0 Å². The van der Waals surface area contributed by atoms with Crippen LogP contribution in [0, 0.1) is 6.61 Å². The van der Waals surface area contributed by atoms with E-state index in [9.17, 15) is 0 Å². The van der Waals surface area contributed by atoms with Crippen molar-refractivity contribution in [1.29, 1.82) is 0 Å². The van der Waals surface area contributed by atoms with E-state index in [0.717, 1.165) is 30.8 Å². The minimum atomic E-state index is 0.651. The average molecular weight is 193 g/mol. The highest BCUT2D eigenvalue weighted by Gasteiger charge is 2.03. The summed E-state index contributed by atoms with van der Waals surface area (Å²) in [5.74, 6) is 0.813. The second-order valence-corrected chi connectivity index (χ2v) is 3.17. The quantitative estimate of drug-likeness (QED) is 0.779. The van der Waals surface area contributed by atoms with Crippen molar-refractivity contribution >= 4 is 0 Å². The molecular formula is C12H17O2. The van der Waals surface area contributed by atoms with E-state index in [1.54, 1.807) is 0 Å². The van der Waals surface area contributed by atoms with Gasteiger partial charge in [0.15, 0.2) is 0 Å². The number of aliphatic hydroxyl groups is 1. The van der Waals surface area contributed by atoms with E-state index >= 15 is 0 Å². The SMILES string of the molecule is CCCc1ccc(OCC)cc1[CH]O. The molecule has 0 aliphatic carbocycles. The Bertz CT molecular complexity index is 282. The predicted octanol–water partition coefficient (Wildman–Crippen LogP) is 2.92. The van der Waals surface area contributed by atoms with Crippen LogP contribution in [0.3, 0.4) is 0 Å². The fourth-order valence-corrected chi connectivity index (χ4v) is 1.45. The molecule has 0 saturated heterocycles. The van der Waals surface area contributed by atoms with Crippen LogP contribution in [0.5, 0.6) is 5.75 Å². The van der Waals surface area contributed by atoms with Crippen molar-refractivity contribution in [2.24, 2.45) is 0 Å². The first-order valence-corrected chi connectivity index (χ1v) is 5.05. The van der Waals surface area contributed by atoms with E-state index in [-0.39, 0.29) is 0 Å². The van der Waals surface area contributed by atoms with Crippen molar-refractivity contribution < 1.29 is 9.84 Å². The molecule has 0 fully saturated rings. The largest absolute Gasteiger partial charge is 0.494 e. The van der Waals surface area contributed by atoms with Crippen molar-refractivity contribution in [3.05, 3.63) is 35.9 Å². The minimum Gasteiger partial charge on any atom is -0.494 e. The Balaban J connectivity index is 2.87. The maximum Gasteiger partial charge on any atom is 0.119 e. The number of hydrogen-bond acceptors (Lipinski definition) is 2. The van der Waals surface area contributed by atoms with Gasteiger partial charge >= 0.3 is 0 Å². The number of ether oxygens (including phenoxy) is 1. The van der Waals surface area contributed by atoms with Gasteiger partial charge in [-0.05, 0) is 36.6 Å². The molecule has 0 atom stereocenters. The molecule has 0 heterocycles. The topological polar surface area (TPSA) is 29.5 Å². The Morgan fingerprint density at radius 2 is 2.14 bits per heavy atom. The van der Waals surface area contributed by atoms with Crippen LogP contribution in [-0.4, -0.2) is 11.7 Å². The van der Waals surface area contributed by atoms with E-state index in [4.69, 9.17) is 9.84 Å². The molecular weight excluding hydrogens is 176 g/mol. The Morgan fingerprint density at radius 3 is 2.71 bits per heavy atom. The van der Waals surface area contributed by atoms with Gasteiger partial charge in [0, 0.05) is 0 Å². The van der Waals surface area contributed by atoms with Gasteiger partial charge in [-0.3, -0.25) is 0 Å². The predicted molar refractivity (Wildman–Crippen MR) is 56.9 cm³/mol. The van der Waals surface area contributed by atoms with Crippen molar-refractivity contribution in [2.75, 3.05) is 6.61 Å². The lowest BCUT2D eigenvalue weighted by molar-refractivity contribution is 0.339. The lowest BCUT2D eigenvalue weighted by Crippen LogP contribution is -1.96. The van der Waals surface area contributed by atoms with Gasteiger partial charge in [0.05, 0.1) is 6.61 Å². The number of aryl methyl sites for hydroxylation is 1. The van der Waals surface area contributed by atoms with Gasteiger partial charge < -0.3 is 9.84 Å². The van der Waals surface area contributed by atoms with Gasteiger partial charge in [0.2, 0.25) is 0 Å². The minimum absolute atomic E-state index is 0.651. The molecule has 0 saturated carbocycles. The molecule has 0 aromatic heterocycles. The van der Waals surface area contributed by atoms with Crippen molar-refractivity contribution in [1.82, 2.24) is 0 Å². The van der Waals surface area contributed by atoms with E-state index in [0.29, 0.717) is 6.61 Å². The molecule has 0 aliphatic rings. The summed E-state index contributed by atoms with van der Waals surface area (Å²) in [7, 11) is 0. The average Bonchev–Trinajstić information content (AvgIpc) is 2.21. The molecule has 0 amide bonds. The second-order valence-electron chi connectivity index (χ2n) is 3.17. The molecule has 0 unspecified atom stereocenters. The van der Waals surface area contributed by atoms with Crippen LogP contribution in [0.2, 0.25) is 0 Å². The summed E-state index contributed by atoms with van der Waals surface area (Å²) in [6.45, 7) is 5.87. The summed E-state index contributed by atoms with van der Waals surface area (Å²) in [6.07, 6.45) is 2.06. The summed E-state index contributed by atoms with van der Waals surface area (Å²) in [6, 6.07) is 5.83. The Kier molecular flexibility index (Phi) is 4.47. The van der Waals surface area contributed by atoms with Crippen LogP contribution in [0.15, 0.2) is 18.2 Å². The maximum absolute atomic E-state index is 9.06. The molecule has 1 N–H and O–H groups in total. The van der Waals surface area contributed by atoms with Gasteiger partial charge in [-0.1, -0.05) is 19.4 Å². The maximum atomic E-state index is 9.06. The summed E-state index contributed by atoms with van der Waals surface area (Å²) in [5, 5.41) is 9.06. The van der Waals surface area contributed by atoms with Gasteiger partial charge in [0.1, 0.15) is 12.4 Å². The number of benzene rings is 1. The molecule has 2 heteroatoms. The highest BCUT2D eigenvalue weighted by Crippen LogP contribution is 2.20. The van der Waals surface area contributed by atoms with Crippen molar-refractivity contribution in [2.45, 2.75) is 26.7 Å². The van der Waals surface area contributed by atoms with Crippen LogP contribution in [0.1, 0.15) is 31.4 Å². The molecule has 77 valence electrons. The van der Waals surface area contributed by atoms with Crippen LogP contribution < -0.4 is 4.74 Å². The molecule has 1 rings (SSSR count). The zero-order valence-corrected chi connectivity index (χ0v) is 8.79. The van der Waals surface area contributed by atoms with Gasteiger partial charge in [0.25, 0.3) is 0 Å². The molecule has 14 heavy (non-hydrogen) atoms. The zero-order valence-electron chi connectivity index (χ0n) is 8.79. The fourth-order valence-electron chi connectivity index (χ4n) is 1.45. The summed E-state index contributed by atoms with van der Waals surface area (Å²) >= 11 is 0. The molecule has 1 aromatic rings. The summed E-state index contributed by atoms with van der Waals surface area (Å²) < 4.78 is 5.35. The molecule has 0 bridgehead atoms. The Hall–Kier alpha value is -1.02. The molecule has 1 radical (unpaired) electrons. The molecule has 2 nitrogen and oxygen atoms in total. The second kappa shape index (κ2) is 5.66. The Morgan fingerprint density at radius 1 is 1.36 bits per heavy atom. The van der Waals surface area contributed by atoms with Crippen molar-refractivity contribution in [3.8, 4) is 5.75 Å². The van der Waals surface area contributed by atoms with E-state index < -0.39 is 0 Å². The first-order chi connectivity index (χ1) is 6.81. The standard InChI is InChI=1S/C12H17O2/c1-3-5-10-6-7-12(14-4-2)8-11(10)9-13/h6-9,13H,3-5H2,1-2H3. The lowest BCUT2D eigenvalue weighted by atomic mass is 10.0. The highest BCUT2D eigenvalue weighted by molar-refractivity contribution is 5.38. The molecule has 0 aliphatic heterocycles. The van der Waals surface area contributed by atoms with Gasteiger partial charge in [-0.25, -0.2) is 0 Å². The highest BCUT2D eigenvalue weighted by atomic mass is 16.5. The monoisotopic (exact) mass is 193 g/mol. The normalized spacial score (nSPS) is 10.2. The molecule has 1 aromatic carbocycles. The van der Waals surface area contributed by atoms with Crippen LogP contribution in [-0.2, 0) is 6.42 Å². The van der Waals surface area contributed by atoms with Gasteiger partial charge in [-0.2, -0.15) is 0 Å². The van der Waals surface area contributed by atoms with Crippen LogP contribution >= 0.6 is 0 Å². The first kappa shape index (κ1) is 11.1. The van der Waals surface area contributed by atoms with E-state index in [1.165, 1.54) is 5.56 Å². The smallest absolute Gasteiger partial charge is 0.119 e. The third kappa shape index (κ3) is 2.74. The molecule has 0 spiro atoms. The van der Waals surface area contributed by atoms with Crippen LogP contribution in [0.25, 0.3) is 0 Å². The number of rotatable bonds is 5. The first-order valence-electron chi connectivity index (χ1n) is 5.05. The summed E-state index contributed by atoms with van der Waals surface area (Å²) in [5.41, 5.74) is 2.02. The number of aliphatic hydroxyl groups excluding tert-OH is 1. The third-order valence-corrected chi connectivity index (χ3v) is 2.09. The Labute approximate surface area is 85.5 Å². The third-order valence-electron chi connectivity index (χ3n) is 2.09. The summed E-state index contributed by atoms with van der Waals surface area (Å²) in [4.78, 5) is 0. The van der Waals surface area contributed by atoms with E-state index in [1.807, 2.05) is 25.1 Å². The fraction of sp³-hybridized carbons (Fsp3) is 0.417. The lowest BCUT2D eigenvalue weighted by Gasteiger charge is -2.09. The number of hydrogen-bond donors (Lipinski definition) is 1. The zero-order chi connectivity index (χ0) is 10.4. The van der Waals surface area contributed by atoms with Crippen molar-refractivity contribution in [3.63, 3.8) is 0 Å².